The van der Waals surface area contributed by atoms with Crippen LogP contribution in [0.2, 0.25) is 0 Å². The molecule has 0 radical (unpaired) electrons. The van der Waals surface area contributed by atoms with E-state index in [0.717, 1.165) is 35.5 Å². The lowest BCUT2D eigenvalue weighted by Crippen LogP contribution is -2.73. The Morgan fingerprint density at radius 1 is 0.579 bits per heavy atom. The standard InChI is InChI=1S/C36H68N2/c1-6-7-8-9-10-11-26-35(37-27(2)3)36(38-28(4)5,33-24-16-20-29-18-12-14-22-31(29)33)34-25-17-21-30-19-13-15-23-32(30)34/h27-35,37-38H,6-26H2,1-5H3. The fourth-order valence-corrected chi connectivity index (χ4v) is 10.7. The number of fused-ring (bicyclic) bond motifs is 2. The molecule has 0 aromatic carbocycles. The van der Waals surface area contributed by atoms with Gasteiger partial charge < -0.3 is 10.6 Å². The number of hydrogen-bond donors (Lipinski definition) is 2. The third-order valence-electron chi connectivity index (χ3n) is 11.9. The molecule has 0 spiro atoms. The minimum Gasteiger partial charge on any atom is -0.310 e. The Balaban J connectivity index is 1.72. The van der Waals surface area contributed by atoms with E-state index in [1.165, 1.54) is 135 Å². The predicted molar refractivity (Wildman–Crippen MR) is 167 cm³/mol. The summed E-state index contributed by atoms with van der Waals surface area (Å²) < 4.78 is 0. The lowest BCUT2D eigenvalue weighted by molar-refractivity contribution is -0.0728. The van der Waals surface area contributed by atoms with E-state index >= 15 is 0 Å². The molecule has 4 fully saturated rings. The molecular formula is C36H68N2. The maximum absolute atomic E-state index is 4.60. The van der Waals surface area contributed by atoms with Gasteiger partial charge in [0.2, 0.25) is 0 Å². The van der Waals surface area contributed by atoms with Gasteiger partial charge >= 0.3 is 0 Å². The maximum atomic E-state index is 4.60. The average Bonchev–Trinajstić information content (AvgIpc) is 2.92. The van der Waals surface area contributed by atoms with Crippen molar-refractivity contribution in [1.29, 1.82) is 0 Å². The first-order valence-electron chi connectivity index (χ1n) is 18.0. The van der Waals surface area contributed by atoms with Crippen LogP contribution in [-0.2, 0) is 0 Å². The summed E-state index contributed by atoms with van der Waals surface area (Å²) in [5.74, 6) is 5.69. The van der Waals surface area contributed by atoms with Gasteiger partial charge in [-0.05, 0) is 67.6 Å². The second-order valence-corrected chi connectivity index (χ2v) is 15.2. The van der Waals surface area contributed by atoms with Crippen molar-refractivity contribution in [2.75, 3.05) is 0 Å². The highest BCUT2D eigenvalue weighted by molar-refractivity contribution is 5.14. The Morgan fingerprint density at radius 3 is 1.61 bits per heavy atom. The first kappa shape index (κ1) is 30.9. The monoisotopic (exact) mass is 529 g/mol. The van der Waals surface area contributed by atoms with Crippen LogP contribution in [0.1, 0.15) is 169 Å². The van der Waals surface area contributed by atoms with Crippen LogP contribution in [0.15, 0.2) is 0 Å². The molecule has 0 aromatic heterocycles. The Bertz CT molecular complexity index is 618. The Morgan fingerprint density at radius 2 is 1.08 bits per heavy atom. The van der Waals surface area contributed by atoms with Crippen molar-refractivity contribution in [1.82, 2.24) is 10.6 Å². The quantitative estimate of drug-likeness (QED) is 0.219. The van der Waals surface area contributed by atoms with E-state index in [1.807, 2.05) is 0 Å². The Kier molecular flexibility index (Phi) is 12.4. The van der Waals surface area contributed by atoms with E-state index in [4.69, 9.17) is 0 Å². The summed E-state index contributed by atoms with van der Waals surface area (Å²) in [7, 11) is 0. The lowest BCUT2D eigenvalue weighted by Gasteiger charge is -2.62. The largest absolute Gasteiger partial charge is 0.310 e. The molecule has 7 atom stereocenters. The molecule has 4 saturated carbocycles. The van der Waals surface area contributed by atoms with Crippen LogP contribution in [0.3, 0.4) is 0 Å². The van der Waals surface area contributed by atoms with Gasteiger partial charge in [-0.3, -0.25) is 0 Å². The van der Waals surface area contributed by atoms with Crippen LogP contribution in [0.4, 0.5) is 0 Å². The van der Waals surface area contributed by atoms with Crippen molar-refractivity contribution in [3.8, 4) is 0 Å². The summed E-state index contributed by atoms with van der Waals surface area (Å²) >= 11 is 0. The van der Waals surface area contributed by atoms with Gasteiger partial charge in [0, 0.05) is 23.7 Å². The SMILES string of the molecule is CCCCCCCCC(NC(C)C)C(NC(C)C)(C1CCCC2CCCCC21)C1CCCC2CCCCC21. The zero-order valence-corrected chi connectivity index (χ0v) is 26.5. The molecule has 7 unspecified atom stereocenters. The van der Waals surface area contributed by atoms with Crippen LogP contribution >= 0.6 is 0 Å². The van der Waals surface area contributed by atoms with Crippen LogP contribution < -0.4 is 10.6 Å². The molecule has 38 heavy (non-hydrogen) atoms. The van der Waals surface area contributed by atoms with E-state index in [0.29, 0.717) is 18.1 Å². The highest BCUT2D eigenvalue weighted by atomic mass is 15.1. The lowest BCUT2D eigenvalue weighted by atomic mass is 9.49. The smallest absolute Gasteiger partial charge is 0.0399 e. The van der Waals surface area contributed by atoms with E-state index in [1.54, 1.807) is 0 Å². The topological polar surface area (TPSA) is 24.1 Å². The van der Waals surface area contributed by atoms with Crippen molar-refractivity contribution in [3.63, 3.8) is 0 Å². The van der Waals surface area contributed by atoms with Crippen molar-refractivity contribution in [2.24, 2.45) is 35.5 Å². The zero-order chi connectivity index (χ0) is 27.0. The minimum atomic E-state index is 0.267. The van der Waals surface area contributed by atoms with Crippen LogP contribution in [-0.4, -0.2) is 23.7 Å². The average molecular weight is 529 g/mol. The van der Waals surface area contributed by atoms with Crippen molar-refractivity contribution >= 4 is 0 Å². The molecular weight excluding hydrogens is 460 g/mol. The summed E-state index contributed by atoms with van der Waals surface area (Å²) in [6.07, 6.45) is 30.9. The van der Waals surface area contributed by atoms with Crippen LogP contribution in [0.5, 0.6) is 0 Å². The summed E-state index contributed by atoms with van der Waals surface area (Å²) in [5.41, 5.74) is 0.267. The van der Waals surface area contributed by atoms with Crippen molar-refractivity contribution < 1.29 is 0 Å². The Labute approximate surface area is 239 Å². The van der Waals surface area contributed by atoms with E-state index in [9.17, 15) is 0 Å². The second kappa shape index (κ2) is 15.2. The summed E-state index contributed by atoms with van der Waals surface area (Å²) in [6.45, 7) is 12.2. The van der Waals surface area contributed by atoms with Gasteiger partial charge in [-0.25, -0.2) is 0 Å². The summed E-state index contributed by atoms with van der Waals surface area (Å²) in [4.78, 5) is 0. The number of rotatable bonds is 14. The van der Waals surface area contributed by atoms with E-state index in [2.05, 4.69) is 45.3 Å². The third-order valence-corrected chi connectivity index (χ3v) is 11.9. The molecule has 0 aromatic rings. The molecule has 0 aliphatic heterocycles. The van der Waals surface area contributed by atoms with Crippen molar-refractivity contribution in [3.05, 3.63) is 0 Å². The predicted octanol–water partition coefficient (Wildman–Crippen LogP) is 10.1. The minimum absolute atomic E-state index is 0.267. The molecule has 0 bridgehead atoms. The molecule has 4 rings (SSSR count). The van der Waals surface area contributed by atoms with Gasteiger partial charge in [0.15, 0.2) is 0 Å². The first-order chi connectivity index (χ1) is 18.5. The fourth-order valence-electron chi connectivity index (χ4n) is 10.7. The number of nitrogens with one attached hydrogen (secondary N) is 2. The van der Waals surface area contributed by atoms with Gasteiger partial charge in [0.05, 0.1) is 0 Å². The third kappa shape index (κ3) is 7.40. The van der Waals surface area contributed by atoms with Gasteiger partial charge in [0.1, 0.15) is 0 Å². The van der Waals surface area contributed by atoms with Crippen LogP contribution in [0.25, 0.3) is 0 Å². The molecule has 2 N–H and O–H groups in total. The zero-order valence-electron chi connectivity index (χ0n) is 26.5. The fraction of sp³-hybridized carbons (Fsp3) is 1.00. The summed E-state index contributed by atoms with van der Waals surface area (Å²) in [6, 6.07) is 1.74. The van der Waals surface area contributed by atoms with Gasteiger partial charge in [-0.1, -0.05) is 137 Å². The molecule has 2 nitrogen and oxygen atoms in total. The number of hydrogen-bond acceptors (Lipinski definition) is 2. The molecule has 4 aliphatic carbocycles. The van der Waals surface area contributed by atoms with E-state index < -0.39 is 0 Å². The van der Waals surface area contributed by atoms with Gasteiger partial charge in [0.25, 0.3) is 0 Å². The Hall–Kier alpha value is -0.0800. The second-order valence-electron chi connectivity index (χ2n) is 15.2. The summed E-state index contributed by atoms with van der Waals surface area (Å²) in [5, 5.41) is 8.95. The molecule has 222 valence electrons. The van der Waals surface area contributed by atoms with Gasteiger partial charge in [-0.15, -0.1) is 0 Å². The van der Waals surface area contributed by atoms with E-state index in [-0.39, 0.29) is 5.54 Å². The molecule has 0 amide bonds. The molecule has 0 saturated heterocycles. The first-order valence-corrected chi connectivity index (χ1v) is 18.0. The highest BCUT2D eigenvalue weighted by Crippen LogP contribution is 2.57. The normalized spacial score (nSPS) is 34.5. The highest BCUT2D eigenvalue weighted by Gasteiger charge is 2.58. The maximum Gasteiger partial charge on any atom is 0.0399 e. The van der Waals surface area contributed by atoms with Gasteiger partial charge in [-0.2, -0.15) is 0 Å². The number of unbranched alkanes of at least 4 members (excludes halogenated alkanes) is 5. The van der Waals surface area contributed by atoms with Crippen LogP contribution in [0, 0.1) is 35.5 Å². The molecule has 2 heteroatoms. The molecule has 0 heterocycles. The van der Waals surface area contributed by atoms with Crippen molar-refractivity contribution in [2.45, 2.75) is 193 Å². The molecule has 4 aliphatic rings.